The van der Waals surface area contributed by atoms with E-state index in [1.807, 2.05) is 85.2 Å². The van der Waals surface area contributed by atoms with E-state index in [4.69, 9.17) is 5.11 Å². The van der Waals surface area contributed by atoms with Crippen molar-refractivity contribution in [3.63, 3.8) is 0 Å². The van der Waals surface area contributed by atoms with Gasteiger partial charge < -0.3 is 10.0 Å². The fraction of sp³-hybridized carbons (Fsp3) is 0.200. The van der Waals surface area contributed by atoms with Gasteiger partial charge in [0.2, 0.25) is 0 Å². The van der Waals surface area contributed by atoms with Crippen molar-refractivity contribution in [2.75, 3.05) is 11.9 Å². The van der Waals surface area contributed by atoms with Gasteiger partial charge in [-0.05, 0) is 54.8 Å². The van der Waals surface area contributed by atoms with Crippen molar-refractivity contribution in [1.82, 2.24) is 9.78 Å². The van der Waals surface area contributed by atoms with Crippen LogP contribution in [-0.2, 0) is 11.2 Å². The zero-order valence-electron chi connectivity index (χ0n) is 14.6. The third-order valence-corrected chi connectivity index (χ3v) is 4.34. The van der Waals surface area contributed by atoms with Gasteiger partial charge in [-0.3, -0.25) is 4.79 Å². The van der Waals surface area contributed by atoms with Gasteiger partial charge in [-0.1, -0.05) is 18.2 Å². The van der Waals surface area contributed by atoms with Crippen molar-refractivity contribution < 1.29 is 9.90 Å². The smallest absolute Gasteiger partial charge is 0.307 e. The van der Waals surface area contributed by atoms with E-state index in [2.05, 4.69) is 5.10 Å². The highest BCUT2D eigenvalue weighted by atomic mass is 16.4. The molecule has 128 valence electrons. The normalized spacial score (nSPS) is 10.7. The fourth-order valence-corrected chi connectivity index (χ4v) is 2.94. The predicted molar refractivity (Wildman–Crippen MR) is 98.9 cm³/mol. The van der Waals surface area contributed by atoms with E-state index in [1.165, 1.54) is 0 Å². The van der Waals surface area contributed by atoms with Crippen LogP contribution in [0.5, 0.6) is 0 Å². The molecule has 0 saturated heterocycles. The predicted octanol–water partition coefficient (Wildman–Crippen LogP) is 3.88. The summed E-state index contributed by atoms with van der Waals surface area (Å²) in [5, 5.41) is 13.7. The Morgan fingerprint density at radius 2 is 1.76 bits per heavy atom. The number of hydrogen-bond donors (Lipinski definition) is 1. The van der Waals surface area contributed by atoms with Crippen LogP contribution in [0.25, 0.3) is 5.69 Å². The lowest BCUT2D eigenvalue weighted by Gasteiger charge is -2.19. The summed E-state index contributed by atoms with van der Waals surface area (Å²) in [6.45, 7) is 3.90. The van der Waals surface area contributed by atoms with E-state index in [0.717, 1.165) is 33.9 Å². The maximum atomic E-state index is 11.0. The lowest BCUT2D eigenvalue weighted by Crippen LogP contribution is -2.12. The van der Waals surface area contributed by atoms with Gasteiger partial charge in [-0.2, -0.15) is 0 Å². The summed E-state index contributed by atoms with van der Waals surface area (Å²) >= 11 is 0. The Hall–Kier alpha value is -3.08. The first-order chi connectivity index (χ1) is 12.0. The monoisotopic (exact) mass is 335 g/mol. The van der Waals surface area contributed by atoms with Crippen LogP contribution in [0.3, 0.4) is 0 Å². The number of carbonyl (C=O) groups is 1. The van der Waals surface area contributed by atoms with Gasteiger partial charge in [0.15, 0.2) is 5.82 Å². The van der Waals surface area contributed by atoms with Crippen molar-refractivity contribution in [3.05, 3.63) is 71.4 Å². The van der Waals surface area contributed by atoms with Crippen LogP contribution in [0.15, 0.2) is 54.7 Å². The fourth-order valence-electron chi connectivity index (χ4n) is 2.94. The van der Waals surface area contributed by atoms with Gasteiger partial charge in [0.25, 0.3) is 0 Å². The number of anilines is 2. The average Bonchev–Trinajstić information content (AvgIpc) is 3.08. The van der Waals surface area contributed by atoms with E-state index >= 15 is 0 Å². The second-order valence-electron chi connectivity index (χ2n) is 6.14. The van der Waals surface area contributed by atoms with Crippen molar-refractivity contribution in [3.8, 4) is 5.69 Å². The maximum absolute atomic E-state index is 11.0. The highest BCUT2D eigenvalue weighted by molar-refractivity contribution is 5.73. The Morgan fingerprint density at radius 3 is 2.36 bits per heavy atom. The largest absolute Gasteiger partial charge is 0.481 e. The standard InChI is InChI=1S/C20H21N3O2/c1-14-11-17(12-15(2)18(14)13-20(24)25)22(3)19-9-10-23(21-19)16-7-5-4-6-8-16/h4-12H,13H2,1-3H3,(H,24,25). The van der Waals surface area contributed by atoms with Crippen LogP contribution in [0, 0.1) is 13.8 Å². The Labute approximate surface area is 147 Å². The number of para-hydroxylation sites is 1. The molecule has 0 saturated carbocycles. The minimum absolute atomic E-state index is 0.0459. The molecule has 2 aromatic carbocycles. The van der Waals surface area contributed by atoms with Crippen LogP contribution in [0.2, 0.25) is 0 Å². The molecule has 0 atom stereocenters. The Kier molecular flexibility index (Phi) is 4.57. The lowest BCUT2D eigenvalue weighted by atomic mass is 9.99. The molecule has 1 N–H and O–H groups in total. The van der Waals surface area contributed by atoms with Crippen molar-refractivity contribution >= 4 is 17.5 Å². The first-order valence-electron chi connectivity index (χ1n) is 8.12. The van der Waals surface area contributed by atoms with E-state index in [-0.39, 0.29) is 6.42 Å². The molecule has 25 heavy (non-hydrogen) atoms. The molecule has 0 bridgehead atoms. The summed E-state index contributed by atoms with van der Waals surface area (Å²) in [6, 6.07) is 15.9. The summed E-state index contributed by atoms with van der Waals surface area (Å²) < 4.78 is 1.84. The molecule has 0 radical (unpaired) electrons. The third kappa shape index (κ3) is 3.55. The highest BCUT2D eigenvalue weighted by Crippen LogP contribution is 2.27. The lowest BCUT2D eigenvalue weighted by molar-refractivity contribution is -0.136. The van der Waals surface area contributed by atoms with Crippen molar-refractivity contribution in [1.29, 1.82) is 0 Å². The van der Waals surface area contributed by atoms with Gasteiger partial charge in [-0.15, -0.1) is 5.10 Å². The highest BCUT2D eigenvalue weighted by Gasteiger charge is 2.13. The molecule has 0 spiro atoms. The van der Waals surface area contributed by atoms with Gasteiger partial charge >= 0.3 is 5.97 Å². The number of carboxylic acid groups (broad SMARTS) is 1. The second kappa shape index (κ2) is 6.81. The molecule has 0 aliphatic rings. The van der Waals surface area contributed by atoms with Gasteiger partial charge in [0, 0.05) is 25.0 Å². The number of nitrogens with zero attached hydrogens (tertiary/aromatic N) is 3. The molecule has 3 rings (SSSR count). The first-order valence-corrected chi connectivity index (χ1v) is 8.12. The number of benzene rings is 2. The third-order valence-electron chi connectivity index (χ3n) is 4.34. The minimum Gasteiger partial charge on any atom is -0.481 e. The van der Waals surface area contributed by atoms with Gasteiger partial charge in [-0.25, -0.2) is 4.68 Å². The van der Waals surface area contributed by atoms with E-state index in [0.29, 0.717) is 0 Å². The topological polar surface area (TPSA) is 58.4 Å². The number of carboxylic acids is 1. The number of aromatic nitrogens is 2. The Bertz CT molecular complexity index is 877. The van der Waals surface area contributed by atoms with Crippen molar-refractivity contribution in [2.24, 2.45) is 0 Å². The number of aliphatic carboxylic acids is 1. The summed E-state index contributed by atoms with van der Waals surface area (Å²) in [5.41, 5.74) is 4.83. The van der Waals surface area contributed by atoms with Gasteiger partial charge in [0.05, 0.1) is 12.1 Å². The Morgan fingerprint density at radius 1 is 1.12 bits per heavy atom. The maximum Gasteiger partial charge on any atom is 0.307 e. The second-order valence-corrected chi connectivity index (χ2v) is 6.14. The van der Waals surface area contributed by atoms with Crippen LogP contribution >= 0.6 is 0 Å². The van der Waals surface area contributed by atoms with E-state index < -0.39 is 5.97 Å². The molecular formula is C20H21N3O2. The Balaban J connectivity index is 1.90. The van der Waals surface area contributed by atoms with Crippen molar-refractivity contribution in [2.45, 2.75) is 20.3 Å². The summed E-state index contributed by atoms with van der Waals surface area (Å²) in [5.74, 6) is 0.0162. The molecule has 5 heteroatoms. The number of aryl methyl sites for hydroxylation is 2. The molecular weight excluding hydrogens is 314 g/mol. The van der Waals surface area contributed by atoms with Gasteiger partial charge in [0.1, 0.15) is 0 Å². The average molecular weight is 335 g/mol. The SMILES string of the molecule is Cc1cc(N(C)c2ccn(-c3ccccc3)n2)cc(C)c1CC(=O)O. The first kappa shape index (κ1) is 16.8. The molecule has 1 heterocycles. The number of rotatable bonds is 5. The zero-order chi connectivity index (χ0) is 18.0. The van der Waals surface area contributed by atoms with Crippen LogP contribution in [-0.4, -0.2) is 27.9 Å². The molecule has 3 aromatic rings. The quantitative estimate of drug-likeness (QED) is 0.768. The molecule has 0 aliphatic heterocycles. The summed E-state index contributed by atoms with van der Waals surface area (Å²) in [7, 11) is 1.96. The van der Waals surface area contributed by atoms with Crippen LogP contribution < -0.4 is 4.90 Å². The molecule has 5 nitrogen and oxygen atoms in total. The molecule has 1 aromatic heterocycles. The zero-order valence-corrected chi connectivity index (χ0v) is 14.6. The molecule has 0 unspecified atom stereocenters. The van der Waals surface area contributed by atoms with Crippen LogP contribution in [0.4, 0.5) is 11.5 Å². The molecule has 0 aliphatic carbocycles. The number of hydrogen-bond acceptors (Lipinski definition) is 3. The molecule has 0 amide bonds. The van der Waals surface area contributed by atoms with Crippen LogP contribution in [0.1, 0.15) is 16.7 Å². The molecule has 0 fully saturated rings. The van der Waals surface area contributed by atoms with E-state index in [1.54, 1.807) is 0 Å². The minimum atomic E-state index is -0.811. The summed E-state index contributed by atoms with van der Waals surface area (Å²) in [4.78, 5) is 13.0. The van der Waals surface area contributed by atoms with E-state index in [9.17, 15) is 4.79 Å². The summed E-state index contributed by atoms with van der Waals surface area (Å²) in [6.07, 6.45) is 1.98.